The second kappa shape index (κ2) is 3.68. The standard InChI is InChI=1S/C9H11F2NO/c1-2-13-8(12)9(11)5-3-7(10)4-6-9/h3-5,12H,2,6H2,1H3. The molecule has 0 aliphatic heterocycles. The minimum atomic E-state index is -1.97. The van der Waals surface area contributed by atoms with E-state index in [1.807, 2.05) is 0 Å². The monoisotopic (exact) mass is 187 g/mol. The van der Waals surface area contributed by atoms with E-state index in [0.717, 1.165) is 18.2 Å². The second-order valence-corrected chi connectivity index (χ2v) is 2.75. The van der Waals surface area contributed by atoms with Gasteiger partial charge >= 0.3 is 0 Å². The molecule has 0 bridgehead atoms. The molecule has 72 valence electrons. The summed E-state index contributed by atoms with van der Waals surface area (Å²) in [5, 5.41) is 7.25. The zero-order valence-corrected chi connectivity index (χ0v) is 7.31. The summed E-state index contributed by atoms with van der Waals surface area (Å²) >= 11 is 0. The zero-order valence-electron chi connectivity index (χ0n) is 7.31. The van der Waals surface area contributed by atoms with E-state index in [0.29, 0.717) is 0 Å². The van der Waals surface area contributed by atoms with E-state index in [-0.39, 0.29) is 13.0 Å². The Balaban J connectivity index is 2.70. The molecule has 0 saturated heterocycles. The molecule has 0 fully saturated rings. The molecule has 0 amide bonds. The van der Waals surface area contributed by atoms with E-state index in [4.69, 9.17) is 10.1 Å². The highest BCUT2D eigenvalue weighted by Gasteiger charge is 2.34. The first-order valence-electron chi connectivity index (χ1n) is 4.04. The van der Waals surface area contributed by atoms with Gasteiger partial charge in [-0.3, -0.25) is 5.41 Å². The molecule has 0 radical (unpaired) electrons. The third-order valence-electron chi connectivity index (χ3n) is 1.77. The van der Waals surface area contributed by atoms with Crippen molar-refractivity contribution in [3.8, 4) is 0 Å². The molecule has 0 spiro atoms. The maximum Gasteiger partial charge on any atom is 0.223 e. The average Bonchev–Trinajstić information content (AvgIpc) is 2.11. The Labute approximate surface area is 75.4 Å². The predicted molar refractivity (Wildman–Crippen MR) is 46.1 cm³/mol. The van der Waals surface area contributed by atoms with Crippen molar-refractivity contribution in [1.82, 2.24) is 0 Å². The van der Waals surface area contributed by atoms with Gasteiger partial charge in [-0.15, -0.1) is 0 Å². The maximum absolute atomic E-state index is 13.7. The van der Waals surface area contributed by atoms with Crippen LogP contribution in [0.5, 0.6) is 0 Å². The van der Waals surface area contributed by atoms with Gasteiger partial charge in [0.2, 0.25) is 11.6 Å². The first kappa shape index (κ1) is 9.89. The SMILES string of the molecule is CCOC(=N)C1(F)C=CC(F)=CC1. The predicted octanol–water partition coefficient (Wildman–Crippen LogP) is 2.52. The van der Waals surface area contributed by atoms with Crippen LogP contribution < -0.4 is 0 Å². The van der Waals surface area contributed by atoms with E-state index >= 15 is 0 Å². The lowest BCUT2D eigenvalue weighted by atomic mass is 9.97. The van der Waals surface area contributed by atoms with Crippen molar-refractivity contribution in [3.05, 3.63) is 24.1 Å². The summed E-state index contributed by atoms with van der Waals surface area (Å²) in [6, 6.07) is 0. The number of alkyl halides is 1. The lowest BCUT2D eigenvalue weighted by molar-refractivity contribution is 0.223. The fourth-order valence-electron chi connectivity index (χ4n) is 1.03. The van der Waals surface area contributed by atoms with Crippen LogP contribution in [0.4, 0.5) is 8.78 Å². The molecule has 1 N–H and O–H groups in total. The number of hydrogen-bond acceptors (Lipinski definition) is 2. The van der Waals surface area contributed by atoms with Crippen molar-refractivity contribution in [2.24, 2.45) is 0 Å². The molecule has 1 aliphatic carbocycles. The molecule has 13 heavy (non-hydrogen) atoms. The molecule has 0 heterocycles. The number of nitrogens with one attached hydrogen (secondary N) is 1. The number of ether oxygens (including phenoxy) is 1. The van der Waals surface area contributed by atoms with Crippen LogP contribution in [-0.2, 0) is 4.74 Å². The number of hydrogen-bond donors (Lipinski definition) is 1. The third-order valence-corrected chi connectivity index (χ3v) is 1.77. The Morgan fingerprint density at radius 1 is 1.77 bits per heavy atom. The van der Waals surface area contributed by atoms with Crippen LogP contribution in [0.1, 0.15) is 13.3 Å². The average molecular weight is 187 g/mol. The highest BCUT2D eigenvalue weighted by Crippen LogP contribution is 2.27. The Kier molecular flexibility index (Phi) is 2.80. The number of allylic oxidation sites excluding steroid dienone is 3. The highest BCUT2D eigenvalue weighted by atomic mass is 19.1. The number of rotatable bonds is 2. The van der Waals surface area contributed by atoms with Gasteiger partial charge in [0, 0.05) is 6.42 Å². The molecule has 0 aromatic rings. The fraction of sp³-hybridized carbons (Fsp3) is 0.444. The van der Waals surface area contributed by atoms with Gasteiger partial charge in [0.1, 0.15) is 5.83 Å². The van der Waals surface area contributed by atoms with Crippen molar-refractivity contribution in [2.75, 3.05) is 6.61 Å². The first-order chi connectivity index (χ1) is 6.08. The largest absolute Gasteiger partial charge is 0.479 e. The summed E-state index contributed by atoms with van der Waals surface area (Å²) in [5.74, 6) is -0.937. The lowest BCUT2D eigenvalue weighted by Crippen LogP contribution is -2.33. The van der Waals surface area contributed by atoms with Crippen molar-refractivity contribution < 1.29 is 13.5 Å². The lowest BCUT2D eigenvalue weighted by Gasteiger charge is -2.22. The Morgan fingerprint density at radius 3 is 2.92 bits per heavy atom. The molecule has 1 rings (SSSR count). The van der Waals surface area contributed by atoms with Crippen molar-refractivity contribution in [2.45, 2.75) is 19.0 Å². The Bertz CT molecular complexity index is 273. The summed E-state index contributed by atoms with van der Waals surface area (Å²) < 4.78 is 30.9. The highest BCUT2D eigenvalue weighted by molar-refractivity contribution is 5.85. The van der Waals surface area contributed by atoms with Gasteiger partial charge in [0.25, 0.3) is 0 Å². The van der Waals surface area contributed by atoms with E-state index in [2.05, 4.69) is 0 Å². The molecular weight excluding hydrogens is 176 g/mol. The van der Waals surface area contributed by atoms with Crippen molar-refractivity contribution in [3.63, 3.8) is 0 Å². The maximum atomic E-state index is 13.7. The van der Waals surface area contributed by atoms with Crippen molar-refractivity contribution >= 4 is 5.90 Å². The van der Waals surface area contributed by atoms with Gasteiger partial charge in [0.15, 0.2) is 0 Å². The third kappa shape index (κ3) is 2.14. The summed E-state index contributed by atoms with van der Waals surface area (Å²) in [7, 11) is 0. The fourth-order valence-corrected chi connectivity index (χ4v) is 1.03. The van der Waals surface area contributed by atoms with E-state index in [9.17, 15) is 8.78 Å². The van der Waals surface area contributed by atoms with Crippen LogP contribution >= 0.6 is 0 Å². The normalized spacial score (nSPS) is 26.8. The minimum absolute atomic E-state index is 0.172. The van der Waals surface area contributed by atoms with Crippen LogP contribution in [-0.4, -0.2) is 18.2 Å². The molecule has 0 aromatic heterocycles. The first-order valence-corrected chi connectivity index (χ1v) is 4.04. The summed E-state index contributed by atoms with van der Waals surface area (Å²) in [5.41, 5.74) is -1.97. The minimum Gasteiger partial charge on any atom is -0.479 e. The van der Waals surface area contributed by atoms with Gasteiger partial charge < -0.3 is 4.74 Å². The Morgan fingerprint density at radius 2 is 2.46 bits per heavy atom. The number of halogens is 2. The molecule has 2 nitrogen and oxygen atoms in total. The smallest absolute Gasteiger partial charge is 0.223 e. The van der Waals surface area contributed by atoms with Crippen molar-refractivity contribution in [1.29, 1.82) is 5.41 Å². The van der Waals surface area contributed by atoms with Gasteiger partial charge in [-0.25, -0.2) is 8.78 Å². The summed E-state index contributed by atoms with van der Waals surface area (Å²) in [6.45, 7) is 1.91. The molecule has 1 aliphatic rings. The molecule has 4 heteroatoms. The van der Waals surface area contributed by atoms with Crippen LogP contribution in [0.25, 0.3) is 0 Å². The molecule has 1 atom stereocenters. The van der Waals surface area contributed by atoms with Gasteiger partial charge in [0.05, 0.1) is 6.61 Å². The van der Waals surface area contributed by atoms with E-state index in [1.165, 1.54) is 0 Å². The van der Waals surface area contributed by atoms with Gasteiger partial charge in [-0.05, 0) is 25.2 Å². The summed E-state index contributed by atoms with van der Waals surface area (Å²) in [6.07, 6.45) is 2.96. The molecule has 1 unspecified atom stereocenters. The van der Waals surface area contributed by atoms with Gasteiger partial charge in [-0.2, -0.15) is 0 Å². The molecule has 0 saturated carbocycles. The summed E-state index contributed by atoms with van der Waals surface area (Å²) in [4.78, 5) is 0. The van der Waals surface area contributed by atoms with Crippen LogP contribution in [0.3, 0.4) is 0 Å². The van der Waals surface area contributed by atoms with Gasteiger partial charge in [-0.1, -0.05) is 0 Å². The van der Waals surface area contributed by atoms with Crippen LogP contribution in [0, 0.1) is 5.41 Å². The topological polar surface area (TPSA) is 33.1 Å². The van der Waals surface area contributed by atoms with E-state index < -0.39 is 17.4 Å². The zero-order chi connectivity index (χ0) is 9.90. The van der Waals surface area contributed by atoms with E-state index in [1.54, 1.807) is 6.92 Å². The Hall–Kier alpha value is -1.19. The molecular formula is C9H11F2NO. The van der Waals surface area contributed by atoms with Crippen LogP contribution in [0.15, 0.2) is 24.1 Å². The quantitative estimate of drug-likeness (QED) is 0.523. The molecule has 0 aromatic carbocycles. The van der Waals surface area contributed by atoms with Crippen LogP contribution in [0.2, 0.25) is 0 Å². The second-order valence-electron chi connectivity index (χ2n) is 2.75.